The summed E-state index contributed by atoms with van der Waals surface area (Å²) < 4.78 is 0. The molecule has 1 saturated heterocycles. The molecule has 4 rings (SSSR count). The van der Waals surface area contributed by atoms with E-state index in [1.54, 1.807) is 6.20 Å². The Hall–Kier alpha value is -1.94. The molecule has 2 aromatic rings. The van der Waals surface area contributed by atoms with Crippen molar-refractivity contribution in [2.75, 3.05) is 6.54 Å². The van der Waals surface area contributed by atoms with Crippen molar-refractivity contribution in [3.05, 3.63) is 42.2 Å². The molecule has 24 heavy (non-hydrogen) atoms. The molecule has 1 aliphatic carbocycles. The number of benzene rings is 1. The molecule has 0 bridgehead atoms. The predicted molar refractivity (Wildman–Crippen MR) is 93.8 cm³/mol. The first kappa shape index (κ1) is 15.6. The Morgan fingerprint density at radius 2 is 1.92 bits per heavy atom. The molecule has 0 radical (unpaired) electrons. The van der Waals surface area contributed by atoms with Gasteiger partial charge in [0, 0.05) is 30.1 Å². The first-order valence-electron chi connectivity index (χ1n) is 9.08. The van der Waals surface area contributed by atoms with Gasteiger partial charge in [0.15, 0.2) is 0 Å². The van der Waals surface area contributed by atoms with E-state index in [-0.39, 0.29) is 24.0 Å². The topological polar surface area (TPSA) is 53.4 Å². The maximum atomic E-state index is 13.2. The van der Waals surface area contributed by atoms with Crippen molar-refractivity contribution < 1.29 is 9.90 Å². The highest BCUT2D eigenvalue weighted by molar-refractivity contribution is 6.05. The molecule has 3 atom stereocenters. The van der Waals surface area contributed by atoms with Gasteiger partial charge in [-0.2, -0.15) is 0 Å². The fourth-order valence-corrected chi connectivity index (χ4v) is 4.50. The van der Waals surface area contributed by atoms with Gasteiger partial charge in [0.25, 0.3) is 5.91 Å². The van der Waals surface area contributed by atoms with E-state index in [4.69, 9.17) is 0 Å². The van der Waals surface area contributed by atoms with Crippen LogP contribution in [-0.4, -0.2) is 39.6 Å². The zero-order valence-electron chi connectivity index (χ0n) is 13.9. The summed E-state index contributed by atoms with van der Waals surface area (Å²) >= 11 is 0. The van der Waals surface area contributed by atoms with Crippen LogP contribution in [-0.2, 0) is 0 Å². The third-order valence-corrected chi connectivity index (χ3v) is 5.71. The van der Waals surface area contributed by atoms with Crippen LogP contribution in [0, 0.1) is 5.92 Å². The molecule has 2 fully saturated rings. The van der Waals surface area contributed by atoms with E-state index in [9.17, 15) is 9.90 Å². The van der Waals surface area contributed by atoms with Gasteiger partial charge in [0.2, 0.25) is 0 Å². The average Bonchev–Trinajstić information content (AvgIpc) is 3.10. The van der Waals surface area contributed by atoms with Gasteiger partial charge in [-0.15, -0.1) is 0 Å². The molecular weight excluding hydrogens is 300 g/mol. The van der Waals surface area contributed by atoms with Gasteiger partial charge in [0.1, 0.15) is 5.69 Å². The maximum absolute atomic E-state index is 13.2. The number of aromatic nitrogens is 1. The van der Waals surface area contributed by atoms with E-state index in [1.165, 1.54) is 0 Å². The number of hydrogen-bond acceptors (Lipinski definition) is 3. The molecular formula is C20H24N2O2. The normalized spacial score (nSPS) is 27.5. The van der Waals surface area contributed by atoms with E-state index >= 15 is 0 Å². The van der Waals surface area contributed by atoms with Crippen LogP contribution in [0.15, 0.2) is 36.5 Å². The van der Waals surface area contributed by atoms with Crippen LogP contribution in [0.4, 0.5) is 0 Å². The second-order valence-electron chi connectivity index (χ2n) is 7.10. The summed E-state index contributed by atoms with van der Waals surface area (Å²) in [4.78, 5) is 19.6. The summed E-state index contributed by atoms with van der Waals surface area (Å²) in [5.74, 6) is 0.243. The molecule has 4 nitrogen and oxygen atoms in total. The third kappa shape index (κ3) is 2.69. The van der Waals surface area contributed by atoms with Crippen molar-refractivity contribution in [2.24, 2.45) is 5.92 Å². The molecule has 126 valence electrons. The van der Waals surface area contributed by atoms with E-state index < -0.39 is 0 Å². The molecule has 0 spiro atoms. The van der Waals surface area contributed by atoms with Crippen molar-refractivity contribution in [1.82, 2.24) is 9.88 Å². The van der Waals surface area contributed by atoms with Gasteiger partial charge in [-0.25, -0.2) is 0 Å². The van der Waals surface area contributed by atoms with E-state index in [2.05, 4.69) is 4.98 Å². The van der Waals surface area contributed by atoms with Crippen LogP contribution in [0.2, 0.25) is 0 Å². The summed E-state index contributed by atoms with van der Waals surface area (Å²) in [6.07, 6.45) is 7.63. The number of nitrogens with zero attached hydrogens (tertiary/aromatic N) is 2. The fraction of sp³-hybridized carbons (Fsp3) is 0.500. The number of aliphatic hydroxyl groups is 1. The monoisotopic (exact) mass is 324 g/mol. The minimum atomic E-state index is -0.266. The van der Waals surface area contributed by atoms with Crippen molar-refractivity contribution in [2.45, 2.75) is 50.7 Å². The quantitative estimate of drug-likeness (QED) is 0.921. The second kappa shape index (κ2) is 6.52. The lowest BCUT2D eigenvalue weighted by Gasteiger charge is -2.37. The smallest absolute Gasteiger partial charge is 0.273 e. The van der Waals surface area contributed by atoms with Crippen LogP contribution in [0.25, 0.3) is 10.8 Å². The van der Waals surface area contributed by atoms with Gasteiger partial charge in [0.05, 0.1) is 6.10 Å². The van der Waals surface area contributed by atoms with Gasteiger partial charge >= 0.3 is 0 Å². The minimum absolute atomic E-state index is 0.0204. The van der Waals surface area contributed by atoms with E-state index in [0.29, 0.717) is 5.69 Å². The lowest BCUT2D eigenvalue weighted by molar-refractivity contribution is 0.0210. The second-order valence-corrected chi connectivity index (χ2v) is 7.10. The van der Waals surface area contributed by atoms with Gasteiger partial charge in [-0.05, 0) is 37.1 Å². The third-order valence-electron chi connectivity index (χ3n) is 5.71. The van der Waals surface area contributed by atoms with E-state index in [1.807, 2.05) is 35.2 Å². The molecule has 1 aliphatic heterocycles. The van der Waals surface area contributed by atoms with Crippen LogP contribution in [0.5, 0.6) is 0 Å². The highest BCUT2D eigenvalue weighted by atomic mass is 16.3. The fourth-order valence-electron chi connectivity index (χ4n) is 4.50. The Kier molecular flexibility index (Phi) is 4.23. The maximum Gasteiger partial charge on any atom is 0.273 e. The van der Waals surface area contributed by atoms with Crippen molar-refractivity contribution in [3.8, 4) is 0 Å². The molecule has 4 heteroatoms. The highest BCUT2D eigenvalue weighted by Crippen LogP contribution is 2.35. The van der Waals surface area contributed by atoms with Crippen LogP contribution >= 0.6 is 0 Å². The average molecular weight is 324 g/mol. The summed E-state index contributed by atoms with van der Waals surface area (Å²) in [5, 5.41) is 12.4. The Morgan fingerprint density at radius 1 is 1.08 bits per heavy atom. The Bertz CT molecular complexity index is 740. The Balaban J connectivity index is 1.65. The Morgan fingerprint density at radius 3 is 2.79 bits per heavy atom. The molecule has 1 saturated carbocycles. The number of amides is 1. The number of aliphatic hydroxyl groups excluding tert-OH is 1. The van der Waals surface area contributed by atoms with Crippen molar-refractivity contribution in [3.63, 3.8) is 0 Å². The standard InChI is InChI=1S/C20H24N2O2/c23-18-10-4-3-8-16(18)17-9-5-13-22(17)20(24)19-15-7-2-1-6-14(15)11-12-21-19/h1-2,6-7,11-12,16-18,23H,3-5,8-10,13H2/t16-,17-,18+/m1/s1. The summed E-state index contributed by atoms with van der Waals surface area (Å²) in [6, 6.07) is 10.0. The van der Waals surface area contributed by atoms with Crippen molar-refractivity contribution in [1.29, 1.82) is 0 Å². The zero-order chi connectivity index (χ0) is 16.5. The molecule has 1 aromatic heterocycles. The molecule has 2 aliphatic rings. The zero-order valence-corrected chi connectivity index (χ0v) is 13.9. The SMILES string of the molecule is O=C(c1nccc2ccccc12)N1CCC[C@@H]1[C@H]1CCCC[C@@H]1O. The lowest BCUT2D eigenvalue weighted by Crippen LogP contribution is -2.45. The van der Waals surface area contributed by atoms with Crippen LogP contribution < -0.4 is 0 Å². The number of rotatable bonds is 2. The number of likely N-dealkylation sites (tertiary alicyclic amines) is 1. The highest BCUT2D eigenvalue weighted by Gasteiger charge is 2.39. The van der Waals surface area contributed by atoms with Crippen LogP contribution in [0.3, 0.4) is 0 Å². The van der Waals surface area contributed by atoms with Gasteiger partial charge < -0.3 is 10.0 Å². The summed E-state index contributed by atoms with van der Waals surface area (Å²) in [5.41, 5.74) is 0.547. The first-order valence-corrected chi connectivity index (χ1v) is 9.08. The van der Waals surface area contributed by atoms with Gasteiger partial charge in [-0.3, -0.25) is 9.78 Å². The number of pyridine rings is 1. The van der Waals surface area contributed by atoms with Crippen LogP contribution in [0.1, 0.15) is 49.0 Å². The molecule has 1 N–H and O–H groups in total. The first-order chi connectivity index (χ1) is 11.8. The largest absolute Gasteiger partial charge is 0.393 e. The number of fused-ring (bicyclic) bond motifs is 1. The lowest BCUT2D eigenvalue weighted by atomic mass is 9.80. The minimum Gasteiger partial charge on any atom is -0.393 e. The van der Waals surface area contributed by atoms with E-state index in [0.717, 1.165) is 55.8 Å². The summed E-state index contributed by atoms with van der Waals surface area (Å²) in [7, 11) is 0. The summed E-state index contributed by atoms with van der Waals surface area (Å²) in [6.45, 7) is 0.775. The predicted octanol–water partition coefficient (Wildman–Crippen LogP) is 3.39. The molecule has 0 unspecified atom stereocenters. The number of carbonyl (C=O) groups is 1. The number of hydrogen-bond donors (Lipinski definition) is 1. The van der Waals surface area contributed by atoms with Gasteiger partial charge in [-0.1, -0.05) is 37.1 Å². The molecule has 2 heterocycles. The molecule has 1 amide bonds. The number of carbonyl (C=O) groups excluding carboxylic acids is 1. The molecule has 1 aromatic carbocycles. The van der Waals surface area contributed by atoms with Crippen molar-refractivity contribution >= 4 is 16.7 Å². The Labute approximate surface area is 142 Å².